The third-order valence-corrected chi connectivity index (χ3v) is 11.6. The lowest BCUT2D eigenvalue weighted by Crippen LogP contribution is -2.37. The maximum atomic E-state index is 14.0. The smallest absolute Gasteiger partial charge is 0.410 e. The summed E-state index contributed by atoms with van der Waals surface area (Å²) in [5, 5.41) is 13.9. The molecular formula is C49H62N6O7. The van der Waals surface area contributed by atoms with Gasteiger partial charge in [0.1, 0.15) is 17.0 Å². The van der Waals surface area contributed by atoms with E-state index in [0.717, 1.165) is 47.1 Å². The van der Waals surface area contributed by atoms with E-state index in [0.29, 0.717) is 69.1 Å². The number of amides is 3. The molecule has 1 aliphatic carbocycles. The van der Waals surface area contributed by atoms with Gasteiger partial charge in [-0.15, -0.1) is 5.11 Å². The van der Waals surface area contributed by atoms with Crippen LogP contribution in [0.1, 0.15) is 114 Å². The summed E-state index contributed by atoms with van der Waals surface area (Å²) >= 11 is 0. The molecule has 13 nitrogen and oxygen atoms in total. The number of benzene rings is 3. The highest BCUT2D eigenvalue weighted by Crippen LogP contribution is 2.33. The normalized spacial score (nSPS) is 19.4. The Morgan fingerprint density at radius 1 is 0.806 bits per heavy atom. The van der Waals surface area contributed by atoms with Crippen molar-refractivity contribution in [1.29, 1.82) is 0 Å². The van der Waals surface area contributed by atoms with Crippen molar-refractivity contribution in [1.82, 2.24) is 10.2 Å². The van der Waals surface area contributed by atoms with E-state index in [1.165, 1.54) is 0 Å². The lowest BCUT2D eigenvalue weighted by Gasteiger charge is -2.29. The number of hydrogen-bond acceptors (Lipinski definition) is 10. The summed E-state index contributed by atoms with van der Waals surface area (Å²) in [4.78, 5) is 71.9. The third kappa shape index (κ3) is 13.1. The molecule has 3 amide bonds. The van der Waals surface area contributed by atoms with Crippen molar-refractivity contribution < 1.29 is 33.4 Å². The molecule has 0 spiro atoms. The van der Waals surface area contributed by atoms with Crippen LogP contribution in [0, 0.1) is 30.6 Å². The van der Waals surface area contributed by atoms with Crippen LogP contribution in [0.2, 0.25) is 0 Å². The Kier molecular flexibility index (Phi) is 14.8. The van der Waals surface area contributed by atoms with Gasteiger partial charge in [-0.1, -0.05) is 36.4 Å². The van der Waals surface area contributed by atoms with Crippen LogP contribution in [0.4, 0.5) is 15.3 Å². The van der Waals surface area contributed by atoms with Crippen molar-refractivity contribution in [3.05, 3.63) is 89.0 Å². The second-order valence-electron chi connectivity index (χ2n) is 19.0. The molecule has 1 saturated carbocycles. The Balaban J connectivity index is 1.08. The molecule has 0 bridgehead atoms. The first-order chi connectivity index (χ1) is 29.4. The topological polar surface area (TPSA) is 168 Å². The molecule has 3 aromatic carbocycles. The first-order valence-corrected chi connectivity index (χ1v) is 21.9. The summed E-state index contributed by atoms with van der Waals surface area (Å²) < 4.78 is 10.9. The van der Waals surface area contributed by atoms with Gasteiger partial charge in [-0.2, -0.15) is 5.11 Å². The third-order valence-electron chi connectivity index (χ3n) is 11.6. The Hall–Kier alpha value is -5.72. The number of ketones is 2. The van der Waals surface area contributed by atoms with E-state index in [1.54, 1.807) is 17.0 Å². The highest BCUT2D eigenvalue weighted by atomic mass is 16.6. The maximum Gasteiger partial charge on any atom is 0.410 e. The molecule has 2 atom stereocenters. The molecule has 3 aromatic rings. The standard InChI is InChI=1S/C49H62N6O7/c1-31-24-38(42(56)26-34-22-23-55(29-34)47(60)62-49(5,6)7)18-21-41(31)35-12-8-32(9-13-35)25-39(45(58)53-40-19-16-37(17-20-40)44-51-30-52-54-44)27-43(57)36-14-10-33(11-15-36)28-50-46(59)61-48(2,3)4/h8-9,12-13,16-21,24,33-34,36,39H,10-11,14-15,22-23,25-30H2,1-7H3,(H,50,59)(H,53,58)/t33?,34-,36?,39-/m1/s1. The molecule has 6 rings (SSSR count). The SMILES string of the molecule is Cc1cc(C(=O)C[C@H]2CCN(C(=O)OC(C)(C)C)C2)ccc1-c1ccc(C[C@H](CC(=O)C2CCC(CNC(=O)OC(C)(C)C)CC2)C(=O)Nc2ccc(C3=NCN=N3)cc2)cc1. The van der Waals surface area contributed by atoms with Gasteiger partial charge >= 0.3 is 12.2 Å². The van der Waals surface area contributed by atoms with Crippen LogP contribution in [0.25, 0.3) is 11.1 Å². The molecule has 0 unspecified atom stereocenters. The van der Waals surface area contributed by atoms with Crippen molar-refractivity contribution in [2.24, 2.45) is 38.9 Å². The zero-order valence-corrected chi connectivity index (χ0v) is 37.3. The molecule has 2 aliphatic heterocycles. The van der Waals surface area contributed by atoms with Gasteiger partial charge in [0.25, 0.3) is 0 Å². The molecule has 1 saturated heterocycles. The second-order valence-corrected chi connectivity index (χ2v) is 19.0. The van der Waals surface area contributed by atoms with E-state index in [-0.39, 0.29) is 47.7 Å². The van der Waals surface area contributed by atoms with Crippen LogP contribution in [-0.2, 0) is 25.5 Å². The van der Waals surface area contributed by atoms with Crippen molar-refractivity contribution >= 4 is 41.2 Å². The summed E-state index contributed by atoms with van der Waals surface area (Å²) in [6.45, 7) is 14.9. The van der Waals surface area contributed by atoms with Crippen molar-refractivity contribution in [3.8, 4) is 11.1 Å². The number of ether oxygens (including phenoxy) is 2. The summed E-state index contributed by atoms with van der Waals surface area (Å²) in [7, 11) is 0. The van der Waals surface area contributed by atoms with Crippen LogP contribution in [-0.4, -0.2) is 77.9 Å². The number of carbonyl (C=O) groups is 5. The molecule has 2 heterocycles. The average Bonchev–Trinajstić information content (AvgIpc) is 3.93. The van der Waals surface area contributed by atoms with Gasteiger partial charge in [-0.3, -0.25) is 14.4 Å². The molecule has 2 N–H and O–H groups in total. The van der Waals surface area contributed by atoms with Gasteiger partial charge in [-0.05, 0) is 151 Å². The number of aliphatic imine (C=N–C) groups is 1. The average molecular weight is 847 g/mol. The minimum Gasteiger partial charge on any atom is -0.444 e. The molecule has 0 radical (unpaired) electrons. The van der Waals surface area contributed by atoms with Crippen LogP contribution < -0.4 is 10.6 Å². The highest BCUT2D eigenvalue weighted by Gasteiger charge is 2.33. The Morgan fingerprint density at radius 3 is 2.11 bits per heavy atom. The van der Waals surface area contributed by atoms with Crippen LogP contribution >= 0.6 is 0 Å². The minimum atomic E-state index is -0.601. The van der Waals surface area contributed by atoms with E-state index < -0.39 is 23.2 Å². The van der Waals surface area contributed by atoms with Crippen molar-refractivity contribution in [2.45, 2.75) is 111 Å². The summed E-state index contributed by atoms with van der Waals surface area (Å²) in [5.74, 6) is 0.0689. The van der Waals surface area contributed by atoms with E-state index in [4.69, 9.17) is 9.47 Å². The monoisotopic (exact) mass is 846 g/mol. The number of amidine groups is 1. The lowest BCUT2D eigenvalue weighted by atomic mass is 9.77. The van der Waals surface area contributed by atoms with Crippen molar-refractivity contribution in [3.63, 3.8) is 0 Å². The van der Waals surface area contributed by atoms with Crippen molar-refractivity contribution in [2.75, 3.05) is 31.6 Å². The maximum absolute atomic E-state index is 14.0. The van der Waals surface area contributed by atoms with Crippen LogP contribution in [0.3, 0.4) is 0 Å². The number of azo groups is 1. The highest BCUT2D eigenvalue weighted by molar-refractivity contribution is 6.01. The lowest BCUT2D eigenvalue weighted by molar-refractivity contribution is -0.129. The largest absolute Gasteiger partial charge is 0.444 e. The number of Topliss-reactive ketones (excluding diaryl/α,β-unsaturated/α-hetero) is 2. The number of aryl methyl sites for hydroxylation is 1. The molecule has 62 heavy (non-hydrogen) atoms. The summed E-state index contributed by atoms with van der Waals surface area (Å²) in [6.07, 6.45) is 3.90. The number of nitrogens with one attached hydrogen (secondary N) is 2. The molecule has 13 heteroatoms. The van der Waals surface area contributed by atoms with E-state index in [1.807, 2.05) is 103 Å². The predicted molar refractivity (Wildman–Crippen MR) is 239 cm³/mol. The number of rotatable bonds is 14. The molecular weight excluding hydrogens is 785 g/mol. The van der Waals surface area contributed by atoms with Gasteiger partial charge < -0.3 is 25.0 Å². The summed E-state index contributed by atoms with van der Waals surface area (Å²) in [6, 6.07) is 21.1. The zero-order chi connectivity index (χ0) is 44.6. The number of anilines is 1. The number of likely N-dealkylation sites (tertiary alicyclic amines) is 1. The second kappa shape index (κ2) is 20.0. The fourth-order valence-corrected chi connectivity index (χ4v) is 8.36. The summed E-state index contributed by atoms with van der Waals surface area (Å²) in [5.41, 5.74) is 4.82. The molecule has 3 aliphatic rings. The van der Waals surface area contributed by atoms with Gasteiger partial charge in [0.05, 0.1) is 0 Å². The predicted octanol–water partition coefficient (Wildman–Crippen LogP) is 9.75. The van der Waals surface area contributed by atoms with E-state index in [2.05, 4.69) is 25.9 Å². The Bertz CT molecular complexity index is 2160. The zero-order valence-electron chi connectivity index (χ0n) is 37.3. The first-order valence-electron chi connectivity index (χ1n) is 21.9. The van der Waals surface area contributed by atoms with Gasteiger partial charge in [0.15, 0.2) is 18.3 Å². The van der Waals surface area contributed by atoms with Crippen LogP contribution in [0.15, 0.2) is 82.0 Å². The number of alkyl carbamates (subject to hydrolysis) is 1. The number of carbonyl (C=O) groups excluding carboxylic acids is 5. The molecule has 0 aromatic heterocycles. The van der Waals surface area contributed by atoms with Gasteiger partial charge in [-0.25, -0.2) is 14.6 Å². The first kappa shape index (κ1) is 45.8. The van der Waals surface area contributed by atoms with Gasteiger partial charge in [0.2, 0.25) is 5.91 Å². The number of nitrogens with zero attached hydrogens (tertiary/aromatic N) is 4. The molecule has 330 valence electrons. The minimum absolute atomic E-state index is 0.0544. The van der Waals surface area contributed by atoms with E-state index >= 15 is 0 Å². The molecule has 2 fully saturated rings. The van der Waals surface area contributed by atoms with Crippen LogP contribution in [0.5, 0.6) is 0 Å². The Morgan fingerprint density at radius 2 is 1.48 bits per heavy atom. The Labute approximate surface area is 365 Å². The van der Waals surface area contributed by atoms with Gasteiger partial charge in [0, 0.05) is 61.1 Å². The quantitative estimate of drug-likeness (QED) is 0.152. The van der Waals surface area contributed by atoms with E-state index in [9.17, 15) is 24.0 Å². The number of hydrogen-bond donors (Lipinski definition) is 2. The fraction of sp³-hybridized carbons (Fsp3) is 0.510. The fourth-order valence-electron chi connectivity index (χ4n) is 8.36.